The third kappa shape index (κ3) is 4.69. The molecule has 0 radical (unpaired) electrons. The molecule has 0 saturated heterocycles. The molecule has 7 nitrogen and oxygen atoms in total. The molecule has 2 amide bonds. The molecular formula is C23H26N4O3S. The largest absolute Gasteiger partial charge is 0.464 e. The number of nitrogens with one attached hydrogen (secondary N) is 1. The Balaban J connectivity index is 1.82. The molecule has 0 bridgehead atoms. The summed E-state index contributed by atoms with van der Waals surface area (Å²) in [6.45, 7) is 5.76. The molecule has 1 fully saturated rings. The first-order valence-corrected chi connectivity index (χ1v) is 11.3. The van der Waals surface area contributed by atoms with Gasteiger partial charge < -0.3 is 9.73 Å². The van der Waals surface area contributed by atoms with E-state index in [0.29, 0.717) is 17.2 Å². The van der Waals surface area contributed by atoms with E-state index in [1.807, 2.05) is 39.0 Å². The lowest BCUT2D eigenvalue weighted by atomic mass is 10.1. The standard InChI is InChI=1S/C23H26N4O3S/c1-14-10-15(2)12-18(11-14)27(23(29)19-13-31-26-25-19)21(20-9-8-16(3)30-20)22(28)24-17-6-4-5-7-17/h8-13,17,21H,4-7H2,1-3H3,(H,24,28). The number of benzene rings is 1. The summed E-state index contributed by atoms with van der Waals surface area (Å²) in [4.78, 5) is 28.7. The van der Waals surface area contributed by atoms with Crippen LogP contribution in [0.2, 0.25) is 0 Å². The Bertz CT molecular complexity index is 1050. The highest BCUT2D eigenvalue weighted by Gasteiger charge is 2.37. The van der Waals surface area contributed by atoms with E-state index in [9.17, 15) is 9.59 Å². The first-order chi connectivity index (χ1) is 14.9. The number of nitrogens with zero attached hydrogens (tertiary/aromatic N) is 3. The Morgan fingerprint density at radius 1 is 1.13 bits per heavy atom. The molecule has 2 aromatic heterocycles. The van der Waals surface area contributed by atoms with Crippen molar-refractivity contribution in [3.63, 3.8) is 0 Å². The van der Waals surface area contributed by atoms with Gasteiger partial charge in [-0.3, -0.25) is 14.5 Å². The van der Waals surface area contributed by atoms with E-state index in [1.165, 1.54) is 4.90 Å². The molecule has 31 heavy (non-hydrogen) atoms. The molecule has 1 unspecified atom stereocenters. The summed E-state index contributed by atoms with van der Waals surface area (Å²) in [5, 5.41) is 8.70. The first-order valence-electron chi connectivity index (χ1n) is 10.5. The van der Waals surface area contributed by atoms with E-state index in [1.54, 1.807) is 17.5 Å². The second kappa shape index (κ2) is 9.01. The first kappa shape index (κ1) is 21.2. The number of anilines is 1. The number of hydrogen-bond donors (Lipinski definition) is 1. The quantitative estimate of drug-likeness (QED) is 0.612. The Kier molecular flexibility index (Phi) is 6.18. The molecule has 4 rings (SSSR count). The summed E-state index contributed by atoms with van der Waals surface area (Å²) in [5.41, 5.74) is 2.81. The SMILES string of the molecule is Cc1cc(C)cc(N(C(=O)c2csnn2)C(C(=O)NC2CCCC2)c2ccc(C)o2)c1. The molecule has 1 aliphatic rings. The molecule has 162 valence electrons. The summed E-state index contributed by atoms with van der Waals surface area (Å²) < 4.78 is 9.71. The lowest BCUT2D eigenvalue weighted by Crippen LogP contribution is -2.46. The van der Waals surface area contributed by atoms with Gasteiger partial charge in [-0.05, 0) is 80.5 Å². The van der Waals surface area contributed by atoms with E-state index in [4.69, 9.17) is 4.42 Å². The second-order valence-electron chi connectivity index (χ2n) is 8.15. The van der Waals surface area contributed by atoms with Crippen LogP contribution < -0.4 is 10.2 Å². The highest BCUT2D eigenvalue weighted by atomic mass is 32.1. The predicted molar refractivity (Wildman–Crippen MR) is 119 cm³/mol. The van der Waals surface area contributed by atoms with Crippen LogP contribution >= 0.6 is 11.5 Å². The fourth-order valence-corrected chi connectivity index (χ4v) is 4.61. The minimum Gasteiger partial charge on any atom is -0.464 e. The zero-order valence-corrected chi connectivity index (χ0v) is 18.7. The van der Waals surface area contributed by atoms with Crippen LogP contribution in [0.3, 0.4) is 0 Å². The average molecular weight is 439 g/mol. The maximum Gasteiger partial charge on any atom is 0.280 e. The fourth-order valence-electron chi connectivity index (χ4n) is 4.18. The van der Waals surface area contributed by atoms with Gasteiger partial charge in [-0.2, -0.15) is 0 Å². The molecule has 8 heteroatoms. The van der Waals surface area contributed by atoms with Gasteiger partial charge in [-0.1, -0.05) is 23.4 Å². The molecule has 1 atom stereocenters. The van der Waals surface area contributed by atoms with E-state index in [2.05, 4.69) is 14.9 Å². The number of hydrogen-bond acceptors (Lipinski definition) is 6. The minimum absolute atomic E-state index is 0.114. The fraction of sp³-hybridized carbons (Fsp3) is 0.391. The molecule has 1 aliphatic carbocycles. The lowest BCUT2D eigenvalue weighted by Gasteiger charge is -2.30. The monoisotopic (exact) mass is 438 g/mol. The number of aromatic nitrogens is 2. The zero-order chi connectivity index (χ0) is 22.0. The van der Waals surface area contributed by atoms with E-state index >= 15 is 0 Å². The van der Waals surface area contributed by atoms with Gasteiger partial charge in [0.1, 0.15) is 11.5 Å². The van der Waals surface area contributed by atoms with Crippen molar-refractivity contribution >= 4 is 29.0 Å². The maximum absolute atomic E-state index is 13.6. The Labute approximate surface area is 185 Å². The van der Waals surface area contributed by atoms with Crippen LogP contribution in [0.25, 0.3) is 0 Å². The van der Waals surface area contributed by atoms with Crippen molar-refractivity contribution in [2.75, 3.05) is 4.90 Å². The van der Waals surface area contributed by atoms with Gasteiger partial charge in [0.25, 0.3) is 11.8 Å². The molecular weight excluding hydrogens is 412 g/mol. The number of amides is 2. The Morgan fingerprint density at radius 2 is 1.84 bits per heavy atom. The molecule has 0 spiro atoms. The number of aryl methyl sites for hydroxylation is 3. The number of rotatable bonds is 6. The third-order valence-electron chi connectivity index (χ3n) is 5.52. The number of furan rings is 1. The summed E-state index contributed by atoms with van der Waals surface area (Å²) in [5.74, 6) is 0.455. The van der Waals surface area contributed by atoms with Crippen molar-refractivity contribution < 1.29 is 14.0 Å². The second-order valence-corrected chi connectivity index (χ2v) is 8.76. The van der Waals surface area contributed by atoms with Crippen LogP contribution in [-0.2, 0) is 4.79 Å². The van der Waals surface area contributed by atoms with Gasteiger partial charge in [-0.15, -0.1) is 5.10 Å². The van der Waals surface area contributed by atoms with Crippen LogP contribution in [-0.4, -0.2) is 27.4 Å². The van der Waals surface area contributed by atoms with Gasteiger partial charge in [0, 0.05) is 17.1 Å². The molecule has 1 aromatic carbocycles. The van der Waals surface area contributed by atoms with E-state index < -0.39 is 6.04 Å². The minimum atomic E-state index is -0.954. The van der Waals surface area contributed by atoms with Crippen molar-refractivity contribution in [1.82, 2.24) is 14.9 Å². The molecule has 0 aliphatic heterocycles. The lowest BCUT2D eigenvalue weighted by molar-refractivity contribution is -0.123. The van der Waals surface area contributed by atoms with Gasteiger partial charge in [0.15, 0.2) is 11.7 Å². The Morgan fingerprint density at radius 3 is 2.42 bits per heavy atom. The van der Waals surface area contributed by atoms with Crippen molar-refractivity contribution in [3.05, 3.63) is 64.1 Å². The normalized spacial score (nSPS) is 15.1. The van der Waals surface area contributed by atoms with Crippen LogP contribution in [0.1, 0.15) is 64.9 Å². The summed E-state index contributed by atoms with van der Waals surface area (Å²) in [6.07, 6.45) is 4.09. The zero-order valence-electron chi connectivity index (χ0n) is 17.9. The van der Waals surface area contributed by atoms with Crippen molar-refractivity contribution in [3.8, 4) is 0 Å². The Hall–Kier alpha value is -3.00. The van der Waals surface area contributed by atoms with Crippen LogP contribution in [0.5, 0.6) is 0 Å². The molecule has 2 heterocycles. The van der Waals surface area contributed by atoms with Crippen LogP contribution in [0.4, 0.5) is 5.69 Å². The molecule has 3 aromatic rings. The van der Waals surface area contributed by atoms with Crippen molar-refractivity contribution in [2.24, 2.45) is 0 Å². The summed E-state index contributed by atoms with van der Waals surface area (Å²) >= 11 is 1.10. The van der Waals surface area contributed by atoms with E-state index in [0.717, 1.165) is 48.3 Å². The number of carbonyl (C=O) groups excluding carboxylic acids is 2. The van der Waals surface area contributed by atoms with Crippen LogP contribution in [0.15, 0.2) is 40.1 Å². The van der Waals surface area contributed by atoms with Crippen molar-refractivity contribution in [2.45, 2.75) is 58.5 Å². The van der Waals surface area contributed by atoms with E-state index in [-0.39, 0.29) is 23.6 Å². The summed E-state index contributed by atoms with van der Waals surface area (Å²) in [7, 11) is 0. The van der Waals surface area contributed by atoms with Crippen molar-refractivity contribution in [1.29, 1.82) is 0 Å². The van der Waals surface area contributed by atoms with Gasteiger partial charge in [-0.25, -0.2) is 0 Å². The smallest absolute Gasteiger partial charge is 0.280 e. The van der Waals surface area contributed by atoms with Gasteiger partial charge in [0.2, 0.25) is 0 Å². The highest BCUT2D eigenvalue weighted by Crippen LogP contribution is 2.32. The maximum atomic E-state index is 13.6. The molecule has 1 saturated carbocycles. The highest BCUT2D eigenvalue weighted by molar-refractivity contribution is 7.03. The average Bonchev–Trinajstić information content (AvgIpc) is 3.47. The summed E-state index contributed by atoms with van der Waals surface area (Å²) in [6, 6.07) is 8.55. The number of carbonyl (C=O) groups is 2. The van der Waals surface area contributed by atoms with Gasteiger partial charge in [0.05, 0.1) is 0 Å². The van der Waals surface area contributed by atoms with Crippen LogP contribution in [0, 0.1) is 20.8 Å². The van der Waals surface area contributed by atoms with Gasteiger partial charge >= 0.3 is 0 Å². The third-order valence-corrected chi connectivity index (χ3v) is 6.03. The topological polar surface area (TPSA) is 88.3 Å². The molecule has 1 N–H and O–H groups in total. The predicted octanol–water partition coefficient (Wildman–Crippen LogP) is 4.50.